The highest BCUT2D eigenvalue weighted by atomic mass is 16.5. The van der Waals surface area contributed by atoms with E-state index in [4.69, 9.17) is 4.74 Å². The number of carbonyl (C=O) groups is 1. The van der Waals surface area contributed by atoms with Crippen LogP contribution in [0.3, 0.4) is 0 Å². The van der Waals surface area contributed by atoms with Gasteiger partial charge in [0.2, 0.25) is 5.95 Å². The standard InChI is InChI=1S/C19H23N5O2/c1-11(2)26-13-7-5-12(6-8-13)17-16-14(9-19(3,4)10-15(16)25)20-18-21-22-23-24(17)18/h5-8,11,17H,9-10H2,1-4H3,(H,20,21,23). The first-order valence-corrected chi connectivity index (χ1v) is 8.92. The number of aromatic nitrogens is 4. The summed E-state index contributed by atoms with van der Waals surface area (Å²) >= 11 is 0. The molecular formula is C19H23N5O2. The molecule has 0 saturated carbocycles. The highest BCUT2D eigenvalue weighted by Gasteiger charge is 2.41. The lowest BCUT2D eigenvalue weighted by atomic mass is 9.73. The molecule has 2 aromatic rings. The summed E-state index contributed by atoms with van der Waals surface area (Å²) in [5.41, 5.74) is 2.59. The van der Waals surface area contributed by atoms with E-state index in [-0.39, 0.29) is 23.3 Å². The Balaban J connectivity index is 1.78. The fraction of sp³-hybridized carbons (Fsp3) is 0.474. The number of ether oxygens (including phenoxy) is 1. The molecule has 1 aromatic heterocycles. The van der Waals surface area contributed by atoms with E-state index in [1.807, 2.05) is 38.1 Å². The molecule has 4 rings (SSSR count). The second-order valence-electron chi connectivity index (χ2n) is 8.04. The molecule has 1 atom stereocenters. The predicted molar refractivity (Wildman–Crippen MR) is 96.8 cm³/mol. The van der Waals surface area contributed by atoms with Crippen molar-refractivity contribution in [1.82, 2.24) is 20.2 Å². The minimum Gasteiger partial charge on any atom is -0.491 e. The Labute approximate surface area is 152 Å². The molecule has 0 radical (unpaired) electrons. The molecule has 1 aliphatic heterocycles. The summed E-state index contributed by atoms with van der Waals surface area (Å²) in [5.74, 6) is 1.53. The van der Waals surface area contributed by atoms with Crippen molar-refractivity contribution >= 4 is 11.7 Å². The van der Waals surface area contributed by atoms with E-state index >= 15 is 0 Å². The maximum absolute atomic E-state index is 13.0. The van der Waals surface area contributed by atoms with Gasteiger partial charge in [0.15, 0.2) is 5.78 Å². The molecule has 1 aromatic carbocycles. The second kappa shape index (κ2) is 5.93. The van der Waals surface area contributed by atoms with Crippen LogP contribution in [0.25, 0.3) is 0 Å². The van der Waals surface area contributed by atoms with Gasteiger partial charge in [-0.3, -0.25) is 4.79 Å². The lowest BCUT2D eigenvalue weighted by Gasteiger charge is -2.37. The minimum atomic E-state index is -0.312. The van der Waals surface area contributed by atoms with Gasteiger partial charge in [-0.1, -0.05) is 31.1 Å². The Morgan fingerprint density at radius 2 is 1.96 bits per heavy atom. The topological polar surface area (TPSA) is 81.9 Å². The fourth-order valence-electron chi connectivity index (χ4n) is 3.78. The number of rotatable bonds is 3. The average molecular weight is 353 g/mol. The maximum atomic E-state index is 13.0. The van der Waals surface area contributed by atoms with Crippen LogP contribution in [0.4, 0.5) is 5.95 Å². The summed E-state index contributed by atoms with van der Waals surface area (Å²) in [6.07, 6.45) is 1.43. The van der Waals surface area contributed by atoms with Crippen LogP contribution in [0.15, 0.2) is 35.5 Å². The van der Waals surface area contributed by atoms with Crippen molar-refractivity contribution in [2.24, 2.45) is 5.41 Å². The Kier molecular flexibility index (Phi) is 3.82. The van der Waals surface area contributed by atoms with Crippen LogP contribution in [-0.2, 0) is 4.79 Å². The van der Waals surface area contributed by atoms with Gasteiger partial charge in [-0.2, -0.15) is 4.68 Å². The number of fused-ring (bicyclic) bond motifs is 1. The summed E-state index contributed by atoms with van der Waals surface area (Å²) in [6.45, 7) is 8.21. The zero-order chi connectivity index (χ0) is 18.5. The number of allylic oxidation sites excluding steroid dienone is 2. The zero-order valence-electron chi connectivity index (χ0n) is 15.5. The number of hydrogen-bond acceptors (Lipinski definition) is 6. The lowest BCUT2D eigenvalue weighted by Crippen LogP contribution is -2.36. The van der Waals surface area contributed by atoms with Crippen molar-refractivity contribution < 1.29 is 9.53 Å². The molecule has 0 spiro atoms. The van der Waals surface area contributed by atoms with Crippen molar-refractivity contribution in [2.45, 2.75) is 52.7 Å². The molecule has 1 unspecified atom stereocenters. The smallest absolute Gasteiger partial charge is 0.248 e. The second-order valence-corrected chi connectivity index (χ2v) is 8.04. The largest absolute Gasteiger partial charge is 0.491 e. The minimum absolute atomic E-state index is 0.0714. The van der Waals surface area contributed by atoms with Gasteiger partial charge < -0.3 is 10.1 Å². The number of carbonyl (C=O) groups excluding carboxylic acids is 1. The summed E-state index contributed by atoms with van der Waals surface area (Å²) in [4.78, 5) is 13.0. The quantitative estimate of drug-likeness (QED) is 0.913. The van der Waals surface area contributed by atoms with Gasteiger partial charge in [-0.25, -0.2) is 0 Å². The molecule has 2 aliphatic rings. The van der Waals surface area contributed by atoms with E-state index in [1.54, 1.807) is 4.68 Å². The Morgan fingerprint density at radius 3 is 2.65 bits per heavy atom. The number of nitrogens with one attached hydrogen (secondary N) is 1. The molecule has 0 saturated heterocycles. The van der Waals surface area contributed by atoms with Gasteiger partial charge >= 0.3 is 0 Å². The van der Waals surface area contributed by atoms with E-state index in [9.17, 15) is 4.79 Å². The molecular weight excluding hydrogens is 330 g/mol. The SMILES string of the molecule is CC(C)Oc1ccc(C2C3=C(CC(C)(C)CC3=O)Nc3nnnn32)cc1. The number of Topliss-reactive ketones (excluding diaryl/α,β-unsaturated/α-hetero) is 1. The lowest BCUT2D eigenvalue weighted by molar-refractivity contribution is -0.118. The van der Waals surface area contributed by atoms with Crippen LogP contribution >= 0.6 is 0 Å². The molecule has 136 valence electrons. The average Bonchev–Trinajstić information content (AvgIpc) is 3.00. The molecule has 0 amide bonds. The van der Waals surface area contributed by atoms with Gasteiger partial charge in [0.1, 0.15) is 11.8 Å². The number of nitrogens with zero attached hydrogens (tertiary/aromatic N) is 4. The van der Waals surface area contributed by atoms with Crippen molar-refractivity contribution in [3.63, 3.8) is 0 Å². The number of hydrogen-bond donors (Lipinski definition) is 1. The normalized spacial score (nSPS) is 21.3. The summed E-state index contributed by atoms with van der Waals surface area (Å²) in [6, 6.07) is 7.51. The number of tetrazole rings is 1. The molecule has 7 nitrogen and oxygen atoms in total. The third-order valence-corrected chi connectivity index (χ3v) is 4.76. The predicted octanol–water partition coefficient (Wildman–Crippen LogP) is 3.12. The third-order valence-electron chi connectivity index (χ3n) is 4.76. The van der Waals surface area contributed by atoms with Crippen LogP contribution < -0.4 is 10.1 Å². The first-order chi connectivity index (χ1) is 12.3. The van der Waals surface area contributed by atoms with Gasteiger partial charge in [0.05, 0.1) is 6.10 Å². The van der Waals surface area contributed by atoms with Gasteiger partial charge in [0.25, 0.3) is 0 Å². The van der Waals surface area contributed by atoms with Crippen molar-refractivity contribution in [2.75, 3.05) is 5.32 Å². The fourth-order valence-corrected chi connectivity index (χ4v) is 3.78. The van der Waals surface area contributed by atoms with Gasteiger partial charge in [0, 0.05) is 17.7 Å². The van der Waals surface area contributed by atoms with E-state index in [0.717, 1.165) is 29.0 Å². The van der Waals surface area contributed by atoms with Crippen molar-refractivity contribution in [1.29, 1.82) is 0 Å². The number of ketones is 1. The van der Waals surface area contributed by atoms with Gasteiger partial charge in [-0.05, 0) is 53.8 Å². The van der Waals surface area contributed by atoms with Crippen LogP contribution in [0.2, 0.25) is 0 Å². The summed E-state index contributed by atoms with van der Waals surface area (Å²) in [5, 5.41) is 15.3. The highest BCUT2D eigenvalue weighted by molar-refractivity contribution is 6.00. The van der Waals surface area contributed by atoms with E-state index in [2.05, 4.69) is 34.7 Å². The molecule has 0 bridgehead atoms. The van der Waals surface area contributed by atoms with E-state index in [0.29, 0.717) is 12.4 Å². The molecule has 7 heteroatoms. The third kappa shape index (κ3) is 2.87. The molecule has 2 heterocycles. The molecule has 26 heavy (non-hydrogen) atoms. The first-order valence-electron chi connectivity index (χ1n) is 8.92. The van der Waals surface area contributed by atoms with Gasteiger partial charge in [-0.15, -0.1) is 0 Å². The summed E-state index contributed by atoms with van der Waals surface area (Å²) < 4.78 is 7.42. The zero-order valence-corrected chi connectivity index (χ0v) is 15.5. The summed E-state index contributed by atoms with van der Waals surface area (Å²) in [7, 11) is 0. The Morgan fingerprint density at radius 1 is 1.23 bits per heavy atom. The van der Waals surface area contributed by atoms with E-state index in [1.165, 1.54) is 0 Å². The van der Waals surface area contributed by atoms with Crippen molar-refractivity contribution in [3.05, 3.63) is 41.1 Å². The van der Waals surface area contributed by atoms with Crippen LogP contribution in [0.5, 0.6) is 5.75 Å². The number of anilines is 1. The first kappa shape index (κ1) is 16.8. The van der Waals surface area contributed by atoms with Crippen LogP contribution in [0, 0.1) is 5.41 Å². The van der Waals surface area contributed by atoms with Crippen molar-refractivity contribution in [3.8, 4) is 5.75 Å². The highest BCUT2D eigenvalue weighted by Crippen LogP contribution is 2.45. The van der Waals surface area contributed by atoms with E-state index < -0.39 is 0 Å². The monoisotopic (exact) mass is 353 g/mol. The maximum Gasteiger partial charge on any atom is 0.248 e. The Hall–Kier alpha value is -2.70. The molecule has 0 fully saturated rings. The molecule has 1 aliphatic carbocycles. The molecule has 1 N–H and O–H groups in total. The van der Waals surface area contributed by atoms with Crippen LogP contribution in [-0.4, -0.2) is 32.1 Å². The van der Waals surface area contributed by atoms with Crippen LogP contribution in [0.1, 0.15) is 52.1 Å². The Bertz CT molecular complexity index is 880. The number of benzene rings is 1.